The van der Waals surface area contributed by atoms with Crippen LogP contribution >= 0.6 is 0 Å². The Morgan fingerprint density at radius 2 is 2.03 bits per heavy atom. The molecule has 0 saturated carbocycles. The van der Waals surface area contributed by atoms with Crippen LogP contribution in [0.4, 0.5) is 0 Å². The van der Waals surface area contributed by atoms with Crippen molar-refractivity contribution in [3.63, 3.8) is 0 Å². The van der Waals surface area contributed by atoms with Gasteiger partial charge in [0.2, 0.25) is 5.91 Å². The lowest BCUT2D eigenvalue weighted by atomic mass is 9.97. The van der Waals surface area contributed by atoms with Crippen LogP contribution in [0.3, 0.4) is 0 Å². The maximum atomic E-state index is 13.5. The quantitative estimate of drug-likeness (QED) is 0.525. The Morgan fingerprint density at radius 1 is 1.11 bits per heavy atom. The van der Waals surface area contributed by atoms with E-state index in [0.717, 1.165) is 24.8 Å². The van der Waals surface area contributed by atoms with Crippen LogP contribution in [0.15, 0.2) is 60.9 Å². The molecule has 2 aromatic carbocycles. The number of hydrogen-bond acceptors (Lipinski definition) is 5. The van der Waals surface area contributed by atoms with Gasteiger partial charge >= 0.3 is 0 Å². The normalized spacial score (nSPS) is 18.6. The lowest BCUT2D eigenvalue weighted by Gasteiger charge is -2.25. The molecule has 1 unspecified atom stereocenters. The van der Waals surface area contributed by atoms with E-state index < -0.39 is 0 Å². The van der Waals surface area contributed by atoms with Crippen molar-refractivity contribution < 1.29 is 19.1 Å². The third kappa shape index (κ3) is 5.62. The van der Waals surface area contributed by atoms with E-state index in [1.807, 2.05) is 46.3 Å². The Kier molecular flexibility index (Phi) is 7.23. The van der Waals surface area contributed by atoms with Gasteiger partial charge in [0.15, 0.2) is 0 Å². The van der Waals surface area contributed by atoms with E-state index in [0.29, 0.717) is 57.2 Å². The summed E-state index contributed by atoms with van der Waals surface area (Å²) in [7, 11) is 0. The van der Waals surface area contributed by atoms with E-state index >= 15 is 0 Å². The van der Waals surface area contributed by atoms with Gasteiger partial charge in [-0.15, -0.1) is 0 Å². The maximum Gasteiger partial charge on any atom is 0.257 e. The highest BCUT2D eigenvalue weighted by atomic mass is 16.5. The van der Waals surface area contributed by atoms with Crippen LogP contribution in [0.5, 0.6) is 5.75 Å². The number of pyridine rings is 1. The van der Waals surface area contributed by atoms with Crippen LogP contribution in [0.2, 0.25) is 0 Å². The van der Waals surface area contributed by atoms with Crippen molar-refractivity contribution in [1.82, 2.24) is 14.8 Å². The molecular formula is C28H31N3O4. The van der Waals surface area contributed by atoms with Gasteiger partial charge in [-0.2, -0.15) is 0 Å². The maximum absolute atomic E-state index is 13.5. The predicted molar refractivity (Wildman–Crippen MR) is 133 cm³/mol. The smallest absolute Gasteiger partial charge is 0.257 e. The zero-order valence-electron chi connectivity index (χ0n) is 19.9. The second-order valence-electron chi connectivity index (χ2n) is 9.28. The van der Waals surface area contributed by atoms with E-state index in [2.05, 4.69) is 23.2 Å². The standard InChI is InChI=1S/C28H31N3O4/c32-27-6-3-11-30(27)13-15-35-26-5-2-1-4-25(26)28(33)31-12-14-34-20-22(19-31)16-21-7-8-23-9-10-29-18-24(23)17-21/h1-2,4-5,7-10,17-18,22H,3,6,11-16,19-20H2. The fourth-order valence-corrected chi connectivity index (χ4v) is 4.93. The number of rotatable bonds is 7. The first-order chi connectivity index (χ1) is 17.2. The lowest BCUT2D eigenvalue weighted by molar-refractivity contribution is -0.128. The Bertz CT molecular complexity index is 1200. The Morgan fingerprint density at radius 3 is 2.91 bits per heavy atom. The Hall–Kier alpha value is -3.45. The molecule has 2 aliphatic heterocycles. The zero-order valence-corrected chi connectivity index (χ0v) is 19.9. The van der Waals surface area contributed by atoms with Crippen LogP contribution < -0.4 is 4.74 Å². The first kappa shape index (κ1) is 23.3. The van der Waals surface area contributed by atoms with Crippen molar-refractivity contribution >= 4 is 22.6 Å². The van der Waals surface area contributed by atoms with Gasteiger partial charge in [-0.25, -0.2) is 0 Å². The van der Waals surface area contributed by atoms with Crippen LogP contribution in [0.1, 0.15) is 28.8 Å². The second-order valence-corrected chi connectivity index (χ2v) is 9.28. The van der Waals surface area contributed by atoms with Gasteiger partial charge in [0, 0.05) is 49.8 Å². The Labute approximate surface area is 205 Å². The minimum Gasteiger partial charge on any atom is -0.491 e. The monoisotopic (exact) mass is 473 g/mol. The summed E-state index contributed by atoms with van der Waals surface area (Å²) in [5.74, 6) is 0.894. The van der Waals surface area contributed by atoms with Gasteiger partial charge in [-0.3, -0.25) is 14.6 Å². The molecule has 7 heteroatoms. The first-order valence-electron chi connectivity index (χ1n) is 12.4. The molecule has 0 aliphatic carbocycles. The van der Waals surface area contributed by atoms with Crippen molar-refractivity contribution in [1.29, 1.82) is 0 Å². The van der Waals surface area contributed by atoms with Gasteiger partial charge in [0.25, 0.3) is 5.91 Å². The third-order valence-electron chi connectivity index (χ3n) is 6.76. The van der Waals surface area contributed by atoms with Gasteiger partial charge in [0.1, 0.15) is 12.4 Å². The van der Waals surface area contributed by atoms with Crippen molar-refractivity contribution in [3.05, 3.63) is 72.1 Å². The number of aromatic nitrogens is 1. The van der Waals surface area contributed by atoms with Crippen molar-refractivity contribution in [2.75, 3.05) is 46.0 Å². The molecule has 0 spiro atoms. The molecule has 2 saturated heterocycles. The fraction of sp³-hybridized carbons (Fsp3) is 0.393. The molecule has 2 fully saturated rings. The van der Waals surface area contributed by atoms with Crippen LogP contribution in [-0.4, -0.2) is 72.6 Å². The number of fused-ring (bicyclic) bond motifs is 1. The number of amides is 2. The number of carbonyl (C=O) groups is 2. The molecular weight excluding hydrogens is 442 g/mol. The number of carbonyl (C=O) groups excluding carboxylic acids is 2. The topological polar surface area (TPSA) is 72.0 Å². The van der Waals surface area contributed by atoms with Crippen LogP contribution in [-0.2, 0) is 16.0 Å². The van der Waals surface area contributed by atoms with Gasteiger partial charge in [-0.1, -0.05) is 24.3 Å². The lowest BCUT2D eigenvalue weighted by Crippen LogP contribution is -2.36. The molecule has 5 rings (SSSR count). The SMILES string of the molecule is O=C1CCCN1CCOc1ccccc1C(=O)N1CCOCC(Cc2ccc3ccncc3c2)C1. The second kappa shape index (κ2) is 10.9. The number of hydrogen-bond donors (Lipinski definition) is 0. The van der Waals surface area contributed by atoms with E-state index in [1.54, 1.807) is 6.20 Å². The molecule has 0 radical (unpaired) electrons. The van der Waals surface area contributed by atoms with E-state index in [4.69, 9.17) is 9.47 Å². The van der Waals surface area contributed by atoms with Gasteiger partial charge in [0.05, 0.1) is 25.3 Å². The molecule has 3 heterocycles. The molecule has 1 atom stereocenters. The van der Waals surface area contributed by atoms with Crippen LogP contribution in [0, 0.1) is 5.92 Å². The summed E-state index contributed by atoms with van der Waals surface area (Å²) in [6.45, 7) is 4.02. The molecule has 182 valence electrons. The minimum atomic E-state index is -0.0453. The predicted octanol–water partition coefficient (Wildman–Crippen LogP) is 3.57. The van der Waals surface area contributed by atoms with E-state index in [-0.39, 0.29) is 17.7 Å². The highest BCUT2D eigenvalue weighted by molar-refractivity contribution is 5.97. The summed E-state index contributed by atoms with van der Waals surface area (Å²) in [5, 5.41) is 2.29. The molecule has 2 amide bonds. The summed E-state index contributed by atoms with van der Waals surface area (Å²) in [5.41, 5.74) is 1.77. The molecule has 0 N–H and O–H groups in total. The average Bonchev–Trinajstić information content (AvgIpc) is 3.15. The number of benzene rings is 2. The van der Waals surface area contributed by atoms with Crippen molar-refractivity contribution in [2.24, 2.45) is 5.92 Å². The summed E-state index contributed by atoms with van der Waals surface area (Å²) in [6, 6.07) is 15.8. The van der Waals surface area contributed by atoms with E-state index in [1.165, 1.54) is 10.9 Å². The molecule has 1 aromatic heterocycles. The Balaban J connectivity index is 1.24. The molecule has 3 aromatic rings. The number of ether oxygens (including phenoxy) is 2. The molecule has 35 heavy (non-hydrogen) atoms. The van der Waals surface area contributed by atoms with Crippen LogP contribution in [0.25, 0.3) is 10.8 Å². The number of nitrogens with zero attached hydrogens (tertiary/aromatic N) is 3. The zero-order chi connectivity index (χ0) is 24.0. The average molecular weight is 474 g/mol. The summed E-state index contributed by atoms with van der Waals surface area (Å²) >= 11 is 0. The number of likely N-dealkylation sites (tertiary alicyclic amines) is 1. The fourth-order valence-electron chi connectivity index (χ4n) is 4.93. The third-order valence-corrected chi connectivity index (χ3v) is 6.76. The number of para-hydroxylation sites is 1. The van der Waals surface area contributed by atoms with Crippen molar-refractivity contribution in [3.8, 4) is 5.75 Å². The molecule has 7 nitrogen and oxygen atoms in total. The van der Waals surface area contributed by atoms with Crippen molar-refractivity contribution in [2.45, 2.75) is 19.3 Å². The first-order valence-corrected chi connectivity index (χ1v) is 12.4. The van der Waals surface area contributed by atoms with E-state index in [9.17, 15) is 9.59 Å². The minimum absolute atomic E-state index is 0.0453. The summed E-state index contributed by atoms with van der Waals surface area (Å²) in [4.78, 5) is 33.3. The summed E-state index contributed by atoms with van der Waals surface area (Å²) in [6.07, 6.45) is 6.04. The molecule has 0 bridgehead atoms. The highest BCUT2D eigenvalue weighted by Crippen LogP contribution is 2.23. The largest absolute Gasteiger partial charge is 0.491 e. The highest BCUT2D eigenvalue weighted by Gasteiger charge is 2.26. The molecule has 2 aliphatic rings. The summed E-state index contributed by atoms with van der Waals surface area (Å²) < 4.78 is 11.8. The van der Waals surface area contributed by atoms with Gasteiger partial charge in [-0.05, 0) is 48.1 Å². The van der Waals surface area contributed by atoms with Gasteiger partial charge < -0.3 is 19.3 Å².